The lowest BCUT2D eigenvalue weighted by Crippen LogP contribution is -2.43. The molecular weight excluding hydrogens is 212 g/mol. The maximum absolute atomic E-state index is 12.0. The molecule has 2 rings (SSSR count). The molecule has 2 nitrogen and oxygen atoms in total. The summed E-state index contributed by atoms with van der Waals surface area (Å²) in [6.07, 6.45) is 4.04. The number of rotatable bonds is 0. The van der Waals surface area contributed by atoms with Gasteiger partial charge in [0, 0.05) is 0 Å². The minimum absolute atomic E-state index is 0.0296. The number of aliphatic hydroxyl groups is 1. The summed E-state index contributed by atoms with van der Waals surface area (Å²) in [6.45, 7) is 8.30. The second-order valence-corrected chi connectivity index (χ2v) is 6.00. The molecule has 0 radical (unpaired) electrons. The summed E-state index contributed by atoms with van der Waals surface area (Å²) in [7, 11) is 0. The Hall–Kier alpha value is -0.890. The van der Waals surface area contributed by atoms with E-state index in [1.165, 1.54) is 5.57 Å². The third-order valence-electron chi connectivity index (χ3n) is 4.78. The zero-order chi connectivity index (χ0) is 12.8. The van der Waals surface area contributed by atoms with Gasteiger partial charge in [0.2, 0.25) is 0 Å². The van der Waals surface area contributed by atoms with Gasteiger partial charge in [-0.05, 0) is 56.1 Å². The Labute approximate surface area is 103 Å². The normalized spacial score (nSPS) is 37.6. The molecule has 94 valence electrons. The topological polar surface area (TPSA) is 37.3 Å². The molecule has 0 aromatic heterocycles. The maximum atomic E-state index is 12.0. The van der Waals surface area contributed by atoms with Gasteiger partial charge in [-0.15, -0.1) is 0 Å². The van der Waals surface area contributed by atoms with Crippen LogP contribution in [-0.4, -0.2) is 17.0 Å². The van der Waals surface area contributed by atoms with Crippen molar-refractivity contribution < 1.29 is 9.90 Å². The molecule has 17 heavy (non-hydrogen) atoms. The van der Waals surface area contributed by atoms with Crippen LogP contribution in [0, 0.1) is 11.3 Å². The Balaban J connectivity index is 2.47. The van der Waals surface area contributed by atoms with Gasteiger partial charge in [-0.3, -0.25) is 4.79 Å². The van der Waals surface area contributed by atoms with Crippen LogP contribution in [0.25, 0.3) is 0 Å². The third-order valence-corrected chi connectivity index (χ3v) is 4.78. The number of allylic oxidation sites excluding steroid dienone is 4. The van der Waals surface area contributed by atoms with Gasteiger partial charge in [0.05, 0.1) is 6.10 Å². The van der Waals surface area contributed by atoms with Gasteiger partial charge in [0.25, 0.3) is 0 Å². The average molecular weight is 234 g/mol. The van der Waals surface area contributed by atoms with E-state index in [0.29, 0.717) is 0 Å². The predicted molar refractivity (Wildman–Crippen MR) is 68.6 cm³/mol. The molecule has 0 spiro atoms. The number of carbonyl (C=O) groups excluding carboxylic acids is 1. The van der Waals surface area contributed by atoms with Gasteiger partial charge >= 0.3 is 0 Å². The summed E-state index contributed by atoms with van der Waals surface area (Å²) in [5, 5.41) is 10.0. The van der Waals surface area contributed by atoms with E-state index in [2.05, 4.69) is 13.8 Å². The van der Waals surface area contributed by atoms with E-state index < -0.39 is 0 Å². The fraction of sp³-hybridized carbons (Fsp3) is 0.667. The molecule has 2 heteroatoms. The van der Waals surface area contributed by atoms with Crippen molar-refractivity contribution in [3.63, 3.8) is 0 Å². The largest absolute Gasteiger partial charge is 0.393 e. The average Bonchev–Trinajstić information content (AvgIpc) is 2.26. The first-order valence-electron chi connectivity index (χ1n) is 6.46. The SMILES string of the molecule is CC(C)=C1C[C@@]2(C)C(=CC1=O)CC[C@@H](O)[C@@H]2C. The zero-order valence-electron chi connectivity index (χ0n) is 11.2. The van der Waals surface area contributed by atoms with E-state index in [1.54, 1.807) is 0 Å². The smallest absolute Gasteiger partial charge is 0.181 e. The van der Waals surface area contributed by atoms with Gasteiger partial charge in [-0.2, -0.15) is 0 Å². The van der Waals surface area contributed by atoms with Crippen molar-refractivity contribution in [3.05, 3.63) is 22.8 Å². The van der Waals surface area contributed by atoms with Crippen molar-refractivity contribution in [1.29, 1.82) is 0 Å². The number of aliphatic hydroxyl groups excluding tert-OH is 1. The minimum Gasteiger partial charge on any atom is -0.393 e. The van der Waals surface area contributed by atoms with E-state index in [0.717, 1.165) is 30.4 Å². The summed E-state index contributed by atoms with van der Waals surface area (Å²) in [5.74, 6) is 0.408. The molecule has 0 bridgehead atoms. The summed E-state index contributed by atoms with van der Waals surface area (Å²) < 4.78 is 0. The van der Waals surface area contributed by atoms with E-state index in [4.69, 9.17) is 0 Å². The van der Waals surface area contributed by atoms with Crippen LogP contribution in [0.5, 0.6) is 0 Å². The number of fused-ring (bicyclic) bond motifs is 1. The highest BCUT2D eigenvalue weighted by Crippen LogP contribution is 2.51. The first-order chi connectivity index (χ1) is 7.86. The lowest BCUT2D eigenvalue weighted by atomic mass is 9.58. The van der Waals surface area contributed by atoms with Crippen molar-refractivity contribution in [2.75, 3.05) is 0 Å². The molecular formula is C15H22O2. The number of hydrogen-bond donors (Lipinski definition) is 1. The fourth-order valence-corrected chi connectivity index (χ4v) is 3.19. The second kappa shape index (κ2) is 4.09. The Morgan fingerprint density at radius 3 is 2.71 bits per heavy atom. The van der Waals surface area contributed by atoms with Crippen molar-refractivity contribution in [1.82, 2.24) is 0 Å². The molecule has 2 aliphatic rings. The lowest BCUT2D eigenvalue weighted by molar-refractivity contribution is -0.112. The van der Waals surface area contributed by atoms with Gasteiger partial charge in [0.15, 0.2) is 5.78 Å². The van der Waals surface area contributed by atoms with Crippen LogP contribution in [0.15, 0.2) is 22.8 Å². The van der Waals surface area contributed by atoms with E-state index in [1.807, 2.05) is 19.9 Å². The van der Waals surface area contributed by atoms with Crippen molar-refractivity contribution in [3.8, 4) is 0 Å². The van der Waals surface area contributed by atoms with Gasteiger partial charge < -0.3 is 5.11 Å². The summed E-state index contributed by atoms with van der Waals surface area (Å²) >= 11 is 0. The Kier molecular flexibility index (Phi) is 3.03. The molecule has 0 heterocycles. The molecule has 1 saturated carbocycles. The number of carbonyl (C=O) groups is 1. The number of ketones is 1. The summed E-state index contributed by atoms with van der Waals surface area (Å²) in [6, 6.07) is 0. The van der Waals surface area contributed by atoms with Gasteiger partial charge in [-0.25, -0.2) is 0 Å². The highest BCUT2D eigenvalue weighted by atomic mass is 16.3. The molecule has 0 aliphatic heterocycles. The highest BCUT2D eigenvalue weighted by Gasteiger charge is 2.45. The third kappa shape index (κ3) is 1.89. The molecule has 0 aromatic rings. The first-order valence-corrected chi connectivity index (χ1v) is 6.46. The predicted octanol–water partition coefficient (Wildman–Crippen LogP) is 3.02. The van der Waals surface area contributed by atoms with Crippen LogP contribution < -0.4 is 0 Å². The molecule has 0 unspecified atom stereocenters. The van der Waals surface area contributed by atoms with Crippen LogP contribution in [0.4, 0.5) is 0 Å². The lowest BCUT2D eigenvalue weighted by Gasteiger charge is -2.47. The monoisotopic (exact) mass is 234 g/mol. The maximum Gasteiger partial charge on any atom is 0.181 e. The highest BCUT2D eigenvalue weighted by molar-refractivity contribution is 6.06. The van der Waals surface area contributed by atoms with Gasteiger partial charge in [-0.1, -0.05) is 25.0 Å². The van der Waals surface area contributed by atoms with Crippen LogP contribution in [0.2, 0.25) is 0 Å². The fourth-order valence-electron chi connectivity index (χ4n) is 3.19. The van der Waals surface area contributed by atoms with E-state index >= 15 is 0 Å². The van der Waals surface area contributed by atoms with Crippen LogP contribution in [-0.2, 0) is 4.79 Å². The Bertz CT molecular complexity index is 413. The quantitative estimate of drug-likeness (QED) is 0.654. The molecule has 1 fully saturated rings. The van der Waals surface area contributed by atoms with Crippen molar-refractivity contribution in [2.24, 2.45) is 11.3 Å². The van der Waals surface area contributed by atoms with Gasteiger partial charge in [0.1, 0.15) is 0 Å². The summed E-state index contributed by atoms with van der Waals surface area (Å²) in [5.41, 5.74) is 3.26. The summed E-state index contributed by atoms with van der Waals surface area (Å²) in [4.78, 5) is 12.0. The number of hydrogen-bond acceptors (Lipinski definition) is 2. The molecule has 0 saturated heterocycles. The van der Waals surface area contributed by atoms with Crippen LogP contribution >= 0.6 is 0 Å². The zero-order valence-corrected chi connectivity index (χ0v) is 11.2. The molecule has 0 aromatic carbocycles. The van der Waals surface area contributed by atoms with Crippen LogP contribution in [0.1, 0.15) is 47.0 Å². The molecule has 0 amide bonds. The second-order valence-electron chi connectivity index (χ2n) is 6.00. The van der Waals surface area contributed by atoms with E-state index in [-0.39, 0.29) is 23.2 Å². The Morgan fingerprint density at radius 1 is 1.47 bits per heavy atom. The first kappa shape index (κ1) is 12.6. The van der Waals surface area contributed by atoms with E-state index in [9.17, 15) is 9.90 Å². The molecule has 1 N–H and O–H groups in total. The molecule has 3 atom stereocenters. The van der Waals surface area contributed by atoms with Crippen molar-refractivity contribution >= 4 is 5.78 Å². The minimum atomic E-state index is -0.233. The standard InChI is InChI=1S/C15H22O2/c1-9(2)12-8-15(4)10(3)13(16)6-5-11(15)7-14(12)17/h7,10,13,16H,5-6,8H2,1-4H3/t10-,13+,15+/m0/s1. The molecule has 2 aliphatic carbocycles. The van der Waals surface area contributed by atoms with Crippen molar-refractivity contribution in [2.45, 2.75) is 53.1 Å². The Morgan fingerprint density at radius 2 is 2.12 bits per heavy atom. The van der Waals surface area contributed by atoms with Crippen LogP contribution in [0.3, 0.4) is 0 Å².